The zero-order valence-corrected chi connectivity index (χ0v) is 16.6. The Kier molecular flexibility index (Phi) is 6.45. The summed E-state index contributed by atoms with van der Waals surface area (Å²) < 4.78 is 5.59. The van der Waals surface area contributed by atoms with Gasteiger partial charge in [-0.15, -0.1) is 0 Å². The van der Waals surface area contributed by atoms with Crippen molar-refractivity contribution in [1.82, 2.24) is 4.90 Å². The third kappa shape index (κ3) is 4.33. The Hall–Kier alpha value is -3.29. The lowest BCUT2D eigenvalue weighted by Gasteiger charge is -2.19. The molecule has 0 aliphatic carbocycles. The van der Waals surface area contributed by atoms with Crippen LogP contribution in [0.5, 0.6) is 5.75 Å². The first kappa shape index (κ1) is 21.0. The maximum atomic E-state index is 12.1. The quantitative estimate of drug-likeness (QED) is 0.362. The highest BCUT2D eigenvalue weighted by Gasteiger charge is 2.23. The van der Waals surface area contributed by atoms with Crippen molar-refractivity contribution in [2.75, 3.05) is 31.3 Å². The highest BCUT2D eigenvalue weighted by atomic mass is 16.5. The van der Waals surface area contributed by atoms with Gasteiger partial charge in [-0.25, -0.2) is 0 Å². The van der Waals surface area contributed by atoms with E-state index in [-0.39, 0.29) is 46.9 Å². The molecule has 150 valence electrons. The normalized spacial score (nSPS) is 11.6. The number of hydrogen-bond donors (Lipinski definition) is 3. The van der Waals surface area contributed by atoms with Gasteiger partial charge >= 0.3 is 0 Å². The molecule has 0 saturated carbocycles. The smallest absolute Gasteiger partial charge is 0.257 e. The molecule has 0 aromatic heterocycles. The topological polar surface area (TPSA) is 108 Å². The van der Waals surface area contributed by atoms with E-state index in [0.717, 1.165) is 0 Å². The number of para-hydroxylation sites is 1. The number of nitrogens with one attached hydrogen (secondary N) is 2. The summed E-state index contributed by atoms with van der Waals surface area (Å²) in [4.78, 5) is 37.4. The maximum absolute atomic E-state index is 12.1. The average molecular weight is 387 g/mol. The van der Waals surface area contributed by atoms with Crippen LogP contribution in [0.25, 0.3) is 0 Å². The lowest BCUT2D eigenvalue weighted by Crippen LogP contribution is -2.37. The van der Waals surface area contributed by atoms with Crippen molar-refractivity contribution in [1.29, 1.82) is 0 Å². The lowest BCUT2D eigenvalue weighted by atomic mass is 10.1. The van der Waals surface area contributed by atoms with Crippen LogP contribution < -0.4 is 21.5 Å². The number of carbonyl (C=O) groups excluding carboxylic acids is 1. The summed E-state index contributed by atoms with van der Waals surface area (Å²) >= 11 is 0. The van der Waals surface area contributed by atoms with Crippen LogP contribution in [0.2, 0.25) is 0 Å². The average Bonchev–Trinajstić information content (AvgIpc) is 2.66. The van der Waals surface area contributed by atoms with E-state index in [1.54, 1.807) is 26.2 Å². The molecule has 2 aromatic carbocycles. The van der Waals surface area contributed by atoms with Gasteiger partial charge in [0.1, 0.15) is 17.1 Å². The van der Waals surface area contributed by atoms with Crippen LogP contribution in [0.4, 0.5) is 17.1 Å². The number of ether oxygens (including phenoxy) is 1. The molecule has 0 fully saturated rings. The number of nitrogens with zero attached hydrogens (tertiary/aromatic N) is 1. The fraction of sp³-hybridized carbons (Fsp3) is 0.350. The van der Waals surface area contributed by atoms with E-state index in [1.165, 1.54) is 17.0 Å². The van der Waals surface area contributed by atoms with Crippen LogP contribution in [-0.4, -0.2) is 42.7 Å². The number of rotatable bonds is 8. The van der Waals surface area contributed by atoms with Crippen LogP contribution in [0, 0.1) is 0 Å². The second-order valence-electron chi connectivity index (χ2n) is 6.71. The van der Waals surface area contributed by atoms with Gasteiger partial charge in [0, 0.05) is 14.1 Å². The van der Waals surface area contributed by atoms with Crippen LogP contribution in [0.15, 0.2) is 39.6 Å². The van der Waals surface area contributed by atoms with Crippen molar-refractivity contribution >= 4 is 23.0 Å². The van der Waals surface area contributed by atoms with Crippen molar-refractivity contribution in [3.8, 4) is 5.75 Å². The number of hydrogen-bond acceptors (Lipinski definition) is 7. The Bertz CT molecular complexity index is 969. The fourth-order valence-corrected chi connectivity index (χ4v) is 2.56. The first-order valence-electron chi connectivity index (χ1n) is 8.87. The summed E-state index contributed by atoms with van der Waals surface area (Å²) in [6.45, 7) is 5.82. The molecule has 28 heavy (non-hydrogen) atoms. The van der Waals surface area contributed by atoms with Crippen molar-refractivity contribution in [3.63, 3.8) is 0 Å². The number of phenolic OH excluding ortho intramolecular Hbond substituents is 1. The first-order valence-corrected chi connectivity index (χ1v) is 8.87. The summed E-state index contributed by atoms with van der Waals surface area (Å²) in [6, 6.07) is 4.57. The molecule has 3 N–H and O–H groups in total. The Morgan fingerprint density at radius 2 is 1.86 bits per heavy atom. The zero-order chi connectivity index (χ0) is 21.0. The minimum atomic E-state index is -0.696. The monoisotopic (exact) mass is 387 g/mol. The number of aromatic hydroxyl groups is 1. The molecule has 0 radical (unpaired) electrons. The molecule has 8 heteroatoms. The molecule has 0 saturated heterocycles. The molecule has 0 bridgehead atoms. The second-order valence-corrected chi connectivity index (χ2v) is 6.71. The summed E-state index contributed by atoms with van der Waals surface area (Å²) in [5.74, 6) is -0.0408. The summed E-state index contributed by atoms with van der Waals surface area (Å²) in [7, 11) is 3.14. The van der Waals surface area contributed by atoms with E-state index in [2.05, 4.69) is 10.6 Å². The van der Waals surface area contributed by atoms with E-state index in [4.69, 9.17) is 4.74 Å². The van der Waals surface area contributed by atoms with E-state index in [9.17, 15) is 19.5 Å². The van der Waals surface area contributed by atoms with Crippen LogP contribution in [0.3, 0.4) is 0 Å². The molecular formula is C20H25N3O5. The highest BCUT2D eigenvalue weighted by molar-refractivity contribution is 5.99. The molecule has 2 rings (SSSR count). The molecule has 0 aliphatic heterocycles. The van der Waals surface area contributed by atoms with Gasteiger partial charge in [-0.2, -0.15) is 0 Å². The Morgan fingerprint density at radius 3 is 2.43 bits per heavy atom. The fourth-order valence-electron chi connectivity index (χ4n) is 2.56. The van der Waals surface area contributed by atoms with Gasteiger partial charge in [-0.1, -0.05) is 6.07 Å². The van der Waals surface area contributed by atoms with Gasteiger partial charge in [0.15, 0.2) is 5.75 Å². The Labute approximate surface area is 163 Å². The molecule has 1 amide bonds. The van der Waals surface area contributed by atoms with E-state index in [0.29, 0.717) is 5.76 Å². The number of allylic oxidation sites excluding steroid dienone is 1. The van der Waals surface area contributed by atoms with Crippen LogP contribution in [0.1, 0.15) is 31.1 Å². The molecule has 0 spiro atoms. The van der Waals surface area contributed by atoms with Crippen molar-refractivity contribution < 1.29 is 14.6 Å². The third-order valence-corrected chi connectivity index (χ3v) is 3.99. The minimum absolute atomic E-state index is 0.0211. The Balaban J connectivity index is 2.24. The summed E-state index contributed by atoms with van der Waals surface area (Å²) in [6.07, 6.45) is 1.75. The number of benzene rings is 1. The number of carbonyl (C=O) groups is 1. The molecule has 2 aromatic rings. The largest absolute Gasteiger partial charge is 0.505 e. The molecule has 0 unspecified atom stereocenters. The van der Waals surface area contributed by atoms with Gasteiger partial charge in [-0.05, 0) is 39.0 Å². The predicted molar refractivity (Wildman–Crippen MR) is 109 cm³/mol. The molecule has 8 nitrogen and oxygen atoms in total. The second kappa shape index (κ2) is 8.60. The standard InChI is InChI=1S/C20H25N3O5/c1-6-12(28-11(2)3)10-21-15-16(19(26)18(15)25)22-14-9-7-8-13(17(14)24)20(27)23(4)5/h6-9,11,21-22,24H,10H2,1-5H3/b12-6-. The van der Waals surface area contributed by atoms with Gasteiger partial charge in [0.05, 0.1) is 23.9 Å². The zero-order valence-electron chi connectivity index (χ0n) is 16.6. The van der Waals surface area contributed by atoms with Crippen LogP contribution in [-0.2, 0) is 4.74 Å². The SMILES string of the molecule is C/C=C(/CNc1c(Nc2cccc(C(=O)N(C)C)c2O)c(=O)c1=O)OC(C)C. The van der Waals surface area contributed by atoms with Gasteiger partial charge in [-0.3, -0.25) is 14.4 Å². The van der Waals surface area contributed by atoms with Crippen molar-refractivity contribution in [3.05, 3.63) is 56.0 Å². The maximum Gasteiger partial charge on any atom is 0.257 e. The van der Waals surface area contributed by atoms with E-state index in [1.807, 2.05) is 20.8 Å². The van der Waals surface area contributed by atoms with E-state index < -0.39 is 10.9 Å². The summed E-state index contributed by atoms with van der Waals surface area (Å²) in [5, 5.41) is 16.0. The van der Waals surface area contributed by atoms with Crippen molar-refractivity contribution in [2.24, 2.45) is 0 Å². The lowest BCUT2D eigenvalue weighted by molar-refractivity contribution is 0.0824. The third-order valence-electron chi connectivity index (χ3n) is 3.99. The molecule has 0 heterocycles. The molecular weight excluding hydrogens is 362 g/mol. The van der Waals surface area contributed by atoms with Crippen molar-refractivity contribution in [2.45, 2.75) is 26.9 Å². The van der Waals surface area contributed by atoms with Gasteiger partial charge in [0.25, 0.3) is 16.8 Å². The highest BCUT2D eigenvalue weighted by Crippen LogP contribution is 2.32. The molecule has 0 atom stereocenters. The first-order chi connectivity index (χ1) is 13.2. The van der Waals surface area contributed by atoms with Gasteiger partial charge in [0.2, 0.25) is 0 Å². The number of anilines is 3. The number of amides is 1. The number of phenols is 1. The Morgan fingerprint density at radius 1 is 1.21 bits per heavy atom. The summed E-state index contributed by atoms with van der Waals surface area (Å²) in [5.41, 5.74) is -0.951. The molecule has 0 aliphatic rings. The van der Waals surface area contributed by atoms with Gasteiger partial charge < -0.3 is 25.4 Å². The van der Waals surface area contributed by atoms with E-state index >= 15 is 0 Å². The predicted octanol–water partition coefficient (Wildman–Crippen LogP) is 2.17. The minimum Gasteiger partial charge on any atom is -0.505 e. The van der Waals surface area contributed by atoms with Crippen LogP contribution >= 0.6 is 0 Å².